The van der Waals surface area contributed by atoms with Gasteiger partial charge in [0.1, 0.15) is 11.1 Å². The van der Waals surface area contributed by atoms with Gasteiger partial charge in [-0.15, -0.1) is 0 Å². The van der Waals surface area contributed by atoms with Gasteiger partial charge < -0.3 is 9.30 Å². The summed E-state index contributed by atoms with van der Waals surface area (Å²) in [4.78, 5) is 17.2. The molecule has 3 aromatic heterocycles. The number of aromatic nitrogens is 3. The molecule has 0 aliphatic carbocycles. The fourth-order valence-corrected chi connectivity index (χ4v) is 4.46. The molecular formula is C24H21ClN6O. The summed E-state index contributed by atoms with van der Waals surface area (Å²) < 4.78 is 3.32. The Morgan fingerprint density at radius 1 is 1.03 bits per heavy atom. The Morgan fingerprint density at radius 3 is 2.53 bits per heavy atom. The highest BCUT2D eigenvalue weighted by Gasteiger charge is 2.23. The van der Waals surface area contributed by atoms with Gasteiger partial charge in [-0.2, -0.15) is 15.0 Å². The predicted molar refractivity (Wildman–Crippen MR) is 124 cm³/mol. The number of fused-ring (bicyclic) bond motifs is 1. The lowest BCUT2D eigenvalue weighted by atomic mass is 10.1. The van der Waals surface area contributed by atoms with E-state index < -0.39 is 0 Å². The summed E-state index contributed by atoms with van der Waals surface area (Å²) in [6.07, 6.45) is 5.66. The van der Waals surface area contributed by atoms with Crippen molar-refractivity contribution < 1.29 is 0 Å². The lowest BCUT2D eigenvalue weighted by Gasteiger charge is -2.36. The van der Waals surface area contributed by atoms with E-state index in [1.807, 2.05) is 65.3 Å². The standard InChI is InChI=1S/C24H21ClN6O/c25-23-22(15-27-31(24(23)32)19-6-2-1-3-7-19)29-12-10-28(11-13-29)16-18-17-30-9-5-4-8-21(30)20(18)14-26/h1-9,15,17H,10-13,16H2. The van der Waals surface area contributed by atoms with Crippen LogP contribution in [0.4, 0.5) is 5.69 Å². The summed E-state index contributed by atoms with van der Waals surface area (Å²) >= 11 is 6.47. The molecule has 8 heteroatoms. The molecule has 0 unspecified atom stereocenters. The minimum atomic E-state index is -0.322. The molecule has 1 aromatic carbocycles. The van der Waals surface area contributed by atoms with Crippen molar-refractivity contribution in [3.8, 4) is 11.8 Å². The normalized spacial score (nSPS) is 14.6. The third-order valence-electron chi connectivity index (χ3n) is 5.88. The quantitative estimate of drug-likeness (QED) is 0.483. The minimum absolute atomic E-state index is 0.183. The monoisotopic (exact) mass is 444 g/mol. The molecule has 4 aromatic rings. The van der Waals surface area contributed by atoms with Crippen LogP contribution in [-0.2, 0) is 6.54 Å². The second kappa shape index (κ2) is 8.50. The van der Waals surface area contributed by atoms with Crippen LogP contribution in [0.15, 0.2) is 71.9 Å². The topological polar surface area (TPSA) is 69.6 Å². The molecule has 0 saturated carbocycles. The first-order valence-electron chi connectivity index (χ1n) is 10.4. The van der Waals surface area contributed by atoms with Crippen LogP contribution >= 0.6 is 11.6 Å². The predicted octanol–water partition coefficient (Wildman–Crippen LogP) is 3.33. The first kappa shape index (κ1) is 20.3. The largest absolute Gasteiger partial charge is 0.366 e. The van der Waals surface area contributed by atoms with Gasteiger partial charge >= 0.3 is 0 Å². The van der Waals surface area contributed by atoms with Gasteiger partial charge in [-0.3, -0.25) is 9.69 Å². The van der Waals surface area contributed by atoms with Crippen molar-refractivity contribution in [2.45, 2.75) is 6.54 Å². The van der Waals surface area contributed by atoms with Crippen molar-refractivity contribution in [1.29, 1.82) is 5.26 Å². The van der Waals surface area contributed by atoms with Gasteiger partial charge in [-0.25, -0.2) is 0 Å². The van der Waals surface area contributed by atoms with Crippen molar-refractivity contribution in [1.82, 2.24) is 19.1 Å². The van der Waals surface area contributed by atoms with E-state index in [2.05, 4.69) is 21.0 Å². The van der Waals surface area contributed by atoms with Gasteiger partial charge in [-0.1, -0.05) is 35.9 Å². The molecule has 160 valence electrons. The molecule has 1 aliphatic heterocycles. The maximum atomic E-state index is 12.8. The van der Waals surface area contributed by atoms with Crippen molar-refractivity contribution in [2.24, 2.45) is 0 Å². The van der Waals surface area contributed by atoms with Crippen molar-refractivity contribution >= 4 is 22.8 Å². The molecule has 0 amide bonds. The average Bonchev–Trinajstić information content (AvgIpc) is 3.19. The highest BCUT2D eigenvalue weighted by atomic mass is 35.5. The number of benzene rings is 1. The van der Waals surface area contributed by atoms with Crippen LogP contribution in [0.1, 0.15) is 11.1 Å². The van der Waals surface area contributed by atoms with Crippen molar-refractivity contribution in [3.63, 3.8) is 0 Å². The maximum absolute atomic E-state index is 12.8. The summed E-state index contributed by atoms with van der Waals surface area (Å²) in [6, 6.07) is 17.5. The summed E-state index contributed by atoms with van der Waals surface area (Å²) in [5, 5.41) is 14.2. The van der Waals surface area contributed by atoms with Crippen LogP contribution in [0.5, 0.6) is 0 Å². The molecule has 0 atom stereocenters. The van der Waals surface area contributed by atoms with Gasteiger partial charge in [0.05, 0.1) is 28.7 Å². The summed E-state index contributed by atoms with van der Waals surface area (Å²) in [7, 11) is 0. The zero-order valence-corrected chi connectivity index (χ0v) is 18.1. The number of nitrogens with zero attached hydrogens (tertiary/aromatic N) is 6. The van der Waals surface area contributed by atoms with Crippen LogP contribution in [-0.4, -0.2) is 45.3 Å². The molecule has 0 bridgehead atoms. The first-order chi connectivity index (χ1) is 15.7. The van der Waals surface area contributed by atoms with E-state index >= 15 is 0 Å². The Hall–Kier alpha value is -3.60. The Morgan fingerprint density at radius 2 is 1.78 bits per heavy atom. The number of nitriles is 1. The summed E-state index contributed by atoms with van der Waals surface area (Å²) in [6.45, 7) is 3.77. The second-order valence-corrected chi connectivity index (χ2v) is 8.17. The molecule has 7 nitrogen and oxygen atoms in total. The second-order valence-electron chi connectivity index (χ2n) is 7.79. The Bertz CT molecular complexity index is 1360. The Kier molecular flexibility index (Phi) is 5.39. The molecule has 1 aliphatic rings. The molecule has 0 N–H and O–H groups in total. The zero-order valence-electron chi connectivity index (χ0n) is 17.4. The molecule has 4 heterocycles. The molecule has 1 saturated heterocycles. The summed E-state index contributed by atoms with van der Waals surface area (Å²) in [5.74, 6) is 0. The van der Waals surface area contributed by atoms with E-state index in [0.717, 1.165) is 42.8 Å². The maximum Gasteiger partial charge on any atom is 0.292 e. The van der Waals surface area contributed by atoms with Crippen LogP contribution in [0.25, 0.3) is 11.2 Å². The van der Waals surface area contributed by atoms with Crippen molar-refractivity contribution in [3.05, 3.63) is 93.6 Å². The number of hydrogen-bond donors (Lipinski definition) is 0. The van der Waals surface area contributed by atoms with E-state index in [9.17, 15) is 10.1 Å². The molecule has 1 fully saturated rings. The molecule has 5 rings (SSSR count). The number of pyridine rings is 1. The Labute approximate surface area is 190 Å². The smallest absolute Gasteiger partial charge is 0.292 e. The van der Waals surface area contributed by atoms with E-state index in [0.29, 0.717) is 17.9 Å². The fourth-order valence-electron chi connectivity index (χ4n) is 4.21. The fraction of sp³-hybridized carbons (Fsp3) is 0.208. The van der Waals surface area contributed by atoms with Gasteiger partial charge in [-0.05, 0) is 24.3 Å². The van der Waals surface area contributed by atoms with Crippen LogP contribution < -0.4 is 10.5 Å². The van der Waals surface area contributed by atoms with Crippen LogP contribution in [0.3, 0.4) is 0 Å². The van der Waals surface area contributed by atoms with E-state index in [4.69, 9.17) is 11.6 Å². The number of rotatable bonds is 4. The highest BCUT2D eigenvalue weighted by molar-refractivity contribution is 6.33. The first-order valence-corrected chi connectivity index (χ1v) is 10.8. The van der Waals surface area contributed by atoms with Crippen LogP contribution in [0, 0.1) is 11.3 Å². The Balaban J connectivity index is 1.31. The highest BCUT2D eigenvalue weighted by Crippen LogP contribution is 2.25. The number of piperazine rings is 1. The van der Waals surface area contributed by atoms with E-state index in [-0.39, 0.29) is 10.6 Å². The van der Waals surface area contributed by atoms with Gasteiger partial charge in [0, 0.05) is 50.7 Å². The molecule has 32 heavy (non-hydrogen) atoms. The molecular weight excluding hydrogens is 424 g/mol. The van der Waals surface area contributed by atoms with Gasteiger partial charge in [0.2, 0.25) is 0 Å². The SMILES string of the molecule is N#Cc1c(CN2CCN(c3cnn(-c4ccccc4)c(=O)c3Cl)CC2)cn2ccccc12. The molecule has 0 radical (unpaired) electrons. The zero-order chi connectivity index (χ0) is 22.1. The van der Waals surface area contributed by atoms with Gasteiger partial charge in [0.25, 0.3) is 5.56 Å². The number of hydrogen-bond acceptors (Lipinski definition) is 5. The van der Waals surface area contributed by atoms with Crippen LogP contribution in [0.2, 0.25) is 5.02 Å². The molecule has 0 spiro atoms. The number of anilines is 1. The number of para-hydroxylation sites is 1. The third kappa shape index (κ3) is 3.64. The minimum Gasteiger partial charge on any atom is -0.366 e. The van der Waals surface area contributed by atoms with E-state index in [1.54, 1.807) is 6.20 Å². The summed E-state index contributed by atoms with van der Waals surface area (Å²) in [5.41, 5.74) is 3.71. The lowest BCUT2D eigenvalue weighted by molar-refractivity contribution is 0.249. The third-order valence-corrected chi connectivity index (χ3v) is 6.24. The number of halogens is 1. The lowest BCUT2D eigenvalue weighted by Crippen LogP contribution is -2.46. The van der Waals surface area contributed by atoms with Crippen molar-refractivity contribution in [2.75, 3.05) is 31.1 Å². The van der Waals surface area contributed by atoms with Gasteiger partial charge in [0.15, 0.2) is 0 Å². The average molecular weight is 445 g/mol. The van der Waals surface area contributed by atoms with E-state index in [1.165, 1.54) is 4.68 Å².